The minimum atomic E-state index is -0.684. The van der Waals surface area contributed by atoms with Crippen molar-refractivity contribution in [1.82, 2.24) is 24.9 Å². The van der Waals surface area contributed by atoms with Crippen molar-refractivity contribution in [2.45, 2.75) is 38.4 Å². The van der Waals surface area contributed by atoms with Crippen LogP contribution in [0.25, 0.3) is 11.0 Å². The molecule has 0 saturated carbocycles. The largest absolute Gasteiger partial charge is 0.378 e. The van der Waals surface area contributed by atoms with Crippen molar-refractivity contribution >= 4 is 34.2 Å². The van der Waals surface area contributed by atoms with Crippen molar-refractivity contribution in [3.8, 4) is 0 Å². The number of morpholine rings is 1. The first-order valence-corrected chi connectivity index (χ1v) is 14.5. The number of para-hydroxylation sites is 1. The number of fused-ring (bicyclic) bond motifs is 1. The summed E-state index contributed by atoms with van der Waals surface area (Å²) in [5.74, 6) is -0.433. The van der Waals surface area contributed by atoms with Gasteiger partial charge in [-0.25, -0.2) is 4.68 Å². The van der Waals surface area contributed by atoms with Crippen molar-refractivity contribution in [2.24, 2.45) is 5.92 Å². The van der Waals surface area contributed by atoms with E-state index >= 15 is 0 Å². The molecular formula is C32H35N7O3. The molecule has 42 heavy (non-hydrogen) atoms. The molecule has 0 radical (unpaired) electrons. The van der Waals surface area contributed by atoms with Crippen LogP contribution in [0.15, 0.2) is 85.2 Å². The number of nitrogens with zero attached hydrogens (tertiary/aromatic N) is 6. The Kier molecular flexibility index (Phi) is 8.51. The molecule has 2 amide bonds. The van der Waals surface area contributed by atoms with E-state index in [1.807, 2.05) is 60.7 Å². The van der Waals surface area contributed by atoms with Gasteiger partial charge in [0.05, 0.1) is 18.7 Å². The number of aromatic nitrogens is 4. The number of carbonyl (C=O) groups excluding carboxylic acids is 2. The van der Waals surface area contributed by atoms with Gasteiger partial charge in [-0.2, -0.15) is 0 Å². The standard InChI is InChI=1S/C32H35N7O3/c40-30(23-39-29-11-5-4-10-28(29)35-36-39)38(22-24-7-6-16-33-21-24)31(25-8-2-1-3-9-25)32(41)34-26-12-14-27(15-13-26)37-17-19-42-20-18-37/h1-2,4-7,10-16,21,25,31H,3,8-9,17-20,22-23H2,(H,34,41)/t25-,31-/m0/s1. The second kappa shape index (κ2) is 12.9. The maximum Gasteiger partial charge on any atom is 0.247 e. The van der Waals surface area contributed by atoms with E-state index in [0.717, 1.165) is 54.6 Å². The molecular weight excluding hydrogens is 530 g/mol. The number of amides is 2. The van der Waals surface area contributed by atoms with Crippen LogP contribution < -0.4 is 10.2 Å². The van der Waals surface area contributed by atoms with Gasteiger partial charge in [0.1, 0.15) is 18.1 Å². The molecule has 4 aromatic rings. The molecule has 0 unspecified atom stereocenters. The molecule has 1 N–H and O–H groups in total. The summed E-state index contributed by atoms with van der Waals surface area (Å²) in [4.78, 5) is 36.5. The summed E-state index contributed by atoms with van der Waals surface area (Å²) >= 11 is 0. The van der Waals surface area contributed by atoms with E-state index in [1.165, 1.54) is 0 Å². The first-order valence-electron chi connectivity index (χ1n) is 14.5. The molecule has 3 heterocycles. The third-order valence-corrected chi connectivity index (χ3v) is 7.97. The smallest absolute Gasteiger partial charge is 0.247 e. The number of rotatable bonds is 9. The zero-order valence-corrected chi connectivity index (χ0v) is 23.5. The highest BCUT2D eigenvalue weighted by atomic mass is 16.5. The van der Waals surface area contributed by atoms with E-state index in [4.69, 9.17) is 4.74 Å². The lowest BCUT2D eigenvalue weighted by Crippen LogP contribution is -2.52. The summed E-state index contributed by atoms with van der Waals surface area (Å²) in [5, 5.41) is 11.6. The lowest BCUT2D eigenvalue weighted by Gasteiger charge is -2.37. The summed E-state index contributed by atoms with van der Waals surface area (Å²) < 4.78 is 7.08. The van der Waals surface area contributed by atoms with Gasteiger partial charge in [0.25, 0.3) is 0 Å². The quantitative estimate of drug-likeness (QED) is 0.305. The third kappa shape index (κ3) is 6.33. The van der Waals surface area contributed by atoms with Crippen LogP contribution in [0.3, 0.4) is 0 Å². The van der Waals surface area contributed by atoms with Gasteiger partial charge in [-0.05, 0) is 73.2 Å². The summed E-state index contributed by atoms with van der Waals surface area (Å²) in [7, 11) is 0. The number of pyridine rings is 1. The monoisotopic (exact) mass is 565 g/mol. The zero-order chi connectivity index (χ0) is 28.7. The highest BCUT2D eigenvalue weighted by Gasteiger charge is 2.37. The Morgan fingerprint density at radius 1 is 1.02 bits per heavy atom. The summed E-state index contributed by atoms with van der Waals surface area (Å²) in [6.07, 6.45) is 10.1. The van der Waals surface area contributed by atoms with E-state index in [1.54, 1.807) is 22.0 Å². The number of benzene rings is 2. The lowest BCUT2D eigenvalue weighted by atomic mass is 9.85. The number of anilines is 2. The number of carbonyl (C=O) groups is 2. The number of allylic oxidation sites excluding steroid dienone is 2. The second-order valence-electron chi connectivity index (χ2n) is 10.7. The first kappa shape index (κ1) is 27.6. The summed E-state index contributed by atoms with van der Waals surface area (Å²) in [6, 6.07) is 18.5. The summed E-state index contributed by atoms with van der Waals surface area (Å²) in [6.45, 7) is 3.34. The highest BCUT2D eigenvalue weighted by Crippen LogP contribution is 2.29. The van der Waals surface area contributed by atoms with Crippen LogP contribution in [-0.4, -0.2) is 69.0 Å². The summed E-state index contributed by atoms with van der Waals surface area (Å²) in [5.41, 5.74) is 4.14. The van der Waals surface area contributed by atoms with E-state index in [0.29, 0.717) is 18.9 Å². The van der Waals surface area contributed by atoms with Crippen molar-refractivity contribution in [3.05, 3.63) is 90.8 Å². The van der Waals surface area contributed by atoms with E-state index < -0.39 is 6.04 Å². The van der Waals surface area contributed by atoms with Crippen molar-refractivity contribution < 1.29 is 14.3 Å². The maximum absolute atomic E-state index is 14.1. The topological polar surface area (TPSA) is 105 Å². The number of hydrogen-bond donors (Lipinski definition) is 1. The molecule has 0 bridgehead atoms. The minimum Gasteiger partial charge on any atom is -0.378 e. The van der Waals surface area contributed by atoms with Gasteiger partial charge in [-0.3, -0.25) is 14.6 Å². The molecule has 2 aliphatic rings. The third-order valence-electron chi connectivity index (χ3n) is 7.97. The van der Waals surface area contributed by atoms with E-state index in [9.17, 15) is 9.59 Å². The van der Waals surface area contributed by atoms with Crippen LogP contribution in [0.4, 0.5) is 11.4 Å². The van der Waals surface area contributed by atoms with Crippen molar-refractivity contribution in [2.75, 3.05) is 36.5 Å². The zero-order valence-electron chi connectivity index (χ0n) is 23.5. The first-order chi connectivity index (χ1) is 20.7. The van der Waals surface area contributed by atoms with Gasteiger partial charge in [-0.1, -0.05) is 35.6 Å². The van der Waals surface area contributed by atoms with E-state index in [-0.39, 0.29) is 30.8 Å². The van der Waals surface area contributed by atoms with Gasteiger partial charge in [-0.15, -0.1) is 5.10 Å². The fourth-order valence-corrected chi connectivity index (χ4v) is 5.79. The fraction of sp³-hybridized carbons (Fsp3) is 0.344. The average molecular weight is 566 g/mol. The van der Waals surface area contributed by atoms with Gasteiger partial charge < -0.3 is 19.9 Å². The van der Waals surface area contributed by atoms with Crippen LogP contribution in [-0.2, 0) is 27.4 Å². The number of hydrogen-bond acceptors (Lipinski definition) is 7. The van der Waals surface area contributed by atoms with Crippen molar-refractivity contribution in [3.63, 3.8) is 0 Å². The molecule has 2 aromatic carbocycles. The molecule has 1 aliphatic carbocycles. The van der Waals surface area contributed by atoms with Gasteiger partial charge in [0, 0.05) is 43.4 Å². The lowest BCUT2D eigenvalue weighted by molar-refractivity contribution is -0.142. The van der Waals surface area contributed by atoms with Crippen LogP contribution >= 0.6 is 0 Å². The Labute approximate surface area is 245 Å². The number of ether oxygens (including phenoxy) is 1. The minimum absolute atomic E-state index is 0.0264. The Balaban J connectivity index is 1.28. The average Bonchev–Trinajstić information content (AvgIpc) is 3.45. The van der Waals surface area contributed by atoms with Gasteiger partial charge in [0.15, 0.2) is 0 Å². The Hall–Kier alpha value is -4.57. The Bertz CT molecular complexity index is 1530. The van der Waals surface area contributed by atoms with Crippen molar-refractivity contribution in [1.29, 1.82) is 0 Å². The van der Waals surface area contributed by atoms with Crippen LogP contribution in [0.2, 0.25) is 0 Å². The van der Waals surface area contributed by atoms with Crippen LogP contribution in [0.5, 0.6) is 0 Å². The molecule has 2 aromatic heterocycles. The van der Waals surface area contributed by atoms with Crippen LogP contribution in [0.1, 0.15) is 24.8 Å². The van der Waals surface area contributed by atoms with E-state index in [2.05, 4.69) is 37.7 Å². The second-order valence-corrected chi connectivity index (χ2v) is 10.7. The maximum atomic E-state index is 14.1. The predicted octanol–water partition coefficient (Wildman–Crippen LogP) is 4.06. The normalized spacial score (nSPS) is 17.6. The molecule has 6 rings (SSSR count). The molecule has 2 atom stereocenters. The molecule has 1 saturated heterocycles. The highest BCUT2D eigenvalue weighted by molar-refractivity contribution is 5.97. The molecule has 0 spiro atoms. The van der Waals surface area contributed by atoms with Crippen LogP contribution in [0, 0.1) is 5.92 Å². The molecule has 1 aliphatic heterocycles. The Morgan fingerprint density at radius 2 is 1.86 bits per heavy atom. The molecule has 1 fully saturated rings. The molecule has 10 nitrogen and oxygen atoms in total. The fourth-order valence-electron chi connectivity index (χ4n) is 5.79. The molecule has 216 valence electrons. The van der Waals surface area contributed by atoms with Gasteiger partial charge in [0.2, 0.25) is 11.8 Å². The SMILES string of the molecule is O=C(Nc1ccc(N2CCOCC2)cc1)[C@H]([C@H]1CC=CCC1)N(Cc1cccnc1)C(=O)Cn1nnc2ccccc21. The predicted molar refractivity (Wildman–Crippen MR) is 161 cm³/mol. The number of nitrogens with one attached hydrogen (secondary N) is 1. The van der Waals surface area contributed by atoms with Gasteiger partial charge >= 0.3 is 0 Å². The molecule has 10 heteroatoms. The Morgan fingerprint density at radius 3 is 2.62 bits per heavy atom.